The lowest BCUT2D eigenvalue weighted by Crippen LogP contribution is -2.50. The number of hydrogen-bond donors (Lipinski definition) is 1. The van der Waals surface area contributed by atoms with Gasteiger partial charge in [0, 0.05) is 13.2 Å². The molecule has 0 spiro atoms. The molecule has 4 atom stereocenters. The van der Waals surface area contributed by atoms with E-state index in [9.17, 15) is 14.7 Å². The van der Waals surface area contributed by atoms with Gasteiger partial charge in [-0.05, 0) is 32.1 Å². The van der Waals surface area contributed by atoms with Crippen molar-refractivity contribution in [2.24, 2.45) is 5.92 Å². The number of carboxylic acid groups (broad SMARTS) is 1. The Morgan fingerprint density at radius 1 is 1.33 bits per heavy atom. The van der Waals surface area contributed by atoms with E-state index >= 15 is 0 Å². The topological polar surface area (TPSA) is 66.8 Å². The van der Waals surface area contributed by atoms with Crippen LogP contribution >= 0.6 is 0 Å². The zero-order valence-electron chi connectivity index (χ0n) is 11.0. The van der Waals surface area contributed by atoms with Gasteiger partial charge in [-0.2, -0.15) is 0 Å². The Hall–Kier alpha value is -1.10. The molecule has 2 fully saturated rings. The molecule has 0 aromatic heterocycles. The summed E-state index contributed by atoms with van der Waals surface area (Å²) in [5, 5.41) is 9.30. The summed E-state index contributed by atoms with van der Waals surface area (Å²) in [6, 6.07) is -0.562. The maximum atomic E-state index is 12.3. The molecule has 18 heavy (non-hydrogen) atoms. The molecule has 1 saturated carbocycles. The molecule has 1 aliphatic carbocycles. The van der Waals surface area contributed by atoms with E-state index in [4.69, 9.17) is 4.74 Å². The van der Waals surface area contributed by atoms with E-state index in [0.29, 0.717) is 12.3 Å². The summed E-state index contributed by atoms with van der Waals surface area (Å²) in [6.45, 7) is 1.68. The lowest BCUT2D eigenvalue weighted by atomic mass is 9.84. The maximum absolute atomic E-state index is 12.3. The molecule has 102 valence electrons. The van der Waals surface area contributed by atoms with E-state index < -0.39 is 18.1 Å². The quantitative estimate of drug-likeness (QED) is 0.824. The highest BCUT2D eigenvalue weighted by Crippen LogP contribution is 2.40. The van der Waals surface area contributed by atoms with Crippen molar-refractivity contribution in [1.29, 1.82) is 0 Å². The van der Waals surface area contributed by atoms with Crippen molar-refractivity contribution >= 4 is 11.9 Å². The number of fused-ring (bicyclic) bond motifs is 1. The monoisotopic (exact) mass is 255 g/mol. The second-order valence-corrected chi connectivity index (χ2v) is 5.33. The predicted molar refractivity (Wildman–Crippen MR) is 65.1 cm³/mol. The number of nitrogens with zero attached hydrogens (tertiary/aromatic N) is 1. The van der Waals surface area contributed by atoms with Gasteiger partial charge in [0.15, 0.2) is 0 Å². The summed E-state index contributed by atoms with van der Waals surface area (Å²) in [5.41, 5.74) is 0. The number of ether oxygens (including phenoxy) is 1. The molecule has 1 aliphatic heterocycles. The molecular formula is C13H21NO4. The lowest BCUT2D eigenvalue weighted by molar-refractivity contribution is -0.154. The second-order valence-electron chi connectivity index (χ2n) is 5.33. The largest absolute Gasteiger partial charge is 0.480 e. The Morgan fingerprint density at radius 2 is 2.00 bits per heavy atom. The first-order valence-corrected chi connectivity index (χ1v) is 6.64. The average Bonchev–Trinajstić information content (AvgIpc) is 2.76. The van der Waals surface area contributed by atoms with E-state index in [1.54, 1.807) is 11.8 Å². The van der Waals surface area contributed by atoms with E-state index in [-0.39, 0.29) is 11.9 Å². The number of amides is 1. The zero-order valence-corrected chi connectivity index (χ0v) is 11.0. The van der Waals surface area contributed by atoms with Crippen LogP contribution in [-0.4, -0.2) is 47.2 Å². The Morgan fingerprint density at radius 3 is 2.61 bits per heavy atom. The van der Waals surface area contributed by atoms with Crippen LogP contribution in [0.15, 0.2) is 0 Å². The first-order valence-electron chi connectivity index (χ1n) is 6.64. The highest BCUT2D eigenvalue weighted by atomic mass is 16.5. The minimum absolute atomic E-state index is 0.102. The van der Waals surface area contributed by atoms with Crippen molar-refractivity contribution in [3.05, 3.63) is 0 Å². The van der Waals surface area contributed by atoms with Gasteiger partial charge in [0.2, 0.25) is 0 Å². The molecular weight excluding hydrogens is 234 g/mol. The van der Waals surface area contributed by atoms with Crippen LogP contribution in [0.3, 0.4) is 0 Å². The van der Waals surface area contributed by atoms with Gasteiger partial charge in [-0.25, -0.2) is 4.79 Å². The highest BCUT2D eigenvalue weighted by molar-refractivity contribution is 5.87. The van der Waals surface area contributed by atoms with E-state index in [0.717, 1.165) is 25.7 Å². The van der Waals surface area contributed by atoms with Crippen molar-refractivity contribution in [3.8, 4) is 0 Å². The third kappa shape index (κ3) is 2.23. The predicted octanol–water partition coefficient (Wildman–Crippen LogP) is 1.27. The number of hydrogen-bond acceptors (Lipinski definition) is 3. The van der Waals surface area contributed by atoms with Crippen molar-refractivity contribution < 1.29 is 19.4 Å². The number of methoxy groups -OCH3 is 1. The molecule has 0 radical (unpaired) electrons. The van der Waals surface area contributed by atoms with Crippen molar-refractivity contribution in [3.63, 3.8) is 0 Å². The van der Waals surface area contributed by atoms with Crippen LogP contribution in [0.5, 0.6) is 0 Å². The Balaban J connectivity index is 2.21. The van der Waals surface area contributed by atoms with Gasteiger partial charge >= 0.3 is 5.97 Å². The molecule has 5 heteroatoms. The first-order chi connectivity index (χ1) is 8.56. The highest BCUT2D eigenvalue weighted by Gasteiger charge is 2.48. The fourth-order valence-electron chi connectivity index (χ4n) is 3.31. The van der Waals surface area contributed by atoms with Gasteiger partial charge in [-0.3, -0.25) is 4.79 Å². The summed E-state index contributed by atoms with van der Waals surface area (Å²) in [5.74, 6) is -0.715. The van der Waals surface area contributed by atoms with Gasteiger partial charge in [0.25, 0.3) is 5.91 Å². The summed E-state index contributed by atoms with van der Waals surface area (Å²) in [4.78, 5) is 25.2. The van der Waals surface area contributed by atoms with Crippen molar-refractivity contribution in [2.75, 3.05) is 7.11 Å². The van der Waals surface area contributed by atoms with Gasteiger partial charge < -0.3 is 14.7 Å². The summed E-state index contributed by atoms with van der Waals surface area (Å²) in [7, 11) is 1.48. The summed E-state index contributed by atoms with van der Waals surface area (Å²) >= 11 is 0. The van der Waals surface area contributed by atoms with Gasteiger partial charge in [0.1, 0.15) is 12.1 Å². The minimum Gasteiger partial charge on any atom is -0.480 e. The van der Waals surface area contributed by atoms with E-state index in [1.807, 2.05) is 0 Å². The lowest BCUT2D eigenvalue weighted by Gasteiger charge is -2.34. The number of likely N-dealkylation sites (tertiary alicyclic amines) is 1. The molecule has 0 aromatic rings. The average molecular weight is 255 g/mol. The van der Waals surface area contributed by atoms with Crippen LogP contribution in [0.2, 0.25) is 0 Å². The third-order valence-electron chi connectivity index (χ3n) is 4.33. The second kappa shape index (κ2) is 5.26. The third-order valence-corrected chi connectivity index (χ3v) is 4.33. The van der Waals surface area contributed by atoms with Crippen molar-refractivity contribution in [1.82, 2.24) is 4.90 Å². The van der Waals surface area contributed by atoms with E-state index in [1.165, 1.54) is 7.11 Å². The van der Waals surface area contributed by atoms with Gasteiger partial charge in [-0.15, -0.1) is 0 Å². The van der Waals surface area contributed by atoms with Crippen molar-refractivity contribution in [2.45, 2.75) is 57.2 Å². The molecule has 0 aromatic carbocycles. The number of carboxylic acids is 1. The molecule has 0 bridgehead atoms. The molecule has 1 saturated heterocycles. The Labute approximate surface area is 107 Å². The van der Waals surface area contributed by atoms with Crippen LogP contribution in [0, 0.1) is 5.92 Å². The zero-order chi connectivity index (χ0) is 13.3. The van der Waals surface area contributed by atoms with Crippen LogP contribution in [0.4, 0.5) is 0 Å². The molecule has 1 amide bonds. The number of carbonyl (C=O) groups excluding carboxylic acids is 1. The summed E-state index contributed by atoms with van der Waals surface area (Å²) < 4.78 is 5.05. The minimum atomic E-state index is -0.888. The SMILES string of the molecule is COC(C)C(=O)N1C(C(=O)O)CC2CCCCC21. The normalized spacial score (nSPS) is 33.0. The maximum Gasteiger partial charge on any atom is 0.326 e. The summed E-state index contributed by atoms with van der Waals surface area (Å²) in [6.07, 6.45) is 4.24. The molecule has 1 heterocycles. The standard InChI is InChI=1S/C13H21NO4/c1-8(18-2)12(15)14-10-6-4-3-5-9(10)7-11(14)13(16)17/h8-11H,3-7H2,1-2H3,(H,16,17). The van der Waals surface area contributed by atoms with Crippen LogP contribution in [0.25, 0.3) is 0 Å². The van der Waals surface area contributed by atoms with E-state index in [2.05, 4.69) is 0 Å². The molecule has 4 unspecified atom stereocenters. The van der Waals surface area contributed by atoms with Crippen LogP contribution < -0.4 is 0 Å². The number of carbonyl (C=O) groups is 2. The molecule has 5 nitrogen and oxygen atoms in total. The fourth-order valence-corrected chi connectivity index (χ4v) is 3.31. The Kier molecular flexibility index (Phi) is 3.90. The Bertz CT molecular complexity index is 344. The first kappa shape index (κ1) is 13.3. The fraction of sp³-hybridized carbons (Fsp3) is 0.846. The molecule has 2 aliphatic rings. The smallest absolute Gasteiger partial charge is 0.326 e. The molecule has 1 N–H and O–H groups in total. The van der Waals surface area contributed by atoms with Gasteiger partial charge in [-0.1, -0.05) is 12.8 Å². The van der Waals surface area contributed by atoms with Crippen LogP contribution in [-0.2, 0) is 14.3 Å². The number of rotatable bonds is 3. The van der Waals surface area contributed by atoms with Gasteiger partial charge in [0.05, 0.1) is 0 Å². The van der Waals surface area contributed by atoms with Crippen LogP contribution in [0.1, 0.15) is 39.0 Å². The number of aliphatic carboxylic acids is 1. The molecule has 2 rings (SSSR count).